The van der Waals surface area contributed by atoms with E-state index in [0.717, 1.165) is 5.56 Å². The Kier molecular flexibility index (Phi) is 4.37. The van der Waals surface area contributed by atoms with Gasteiger partial charge in [-0.15, -0.1) is 0 Å². The van der Waals surface area contributed by atoms with Gasteiger partial charge in [0.15, 0.2) is 0 Å². The van der Waals surface area contributed by atoms with Gasteiger partial charge in [-0.2, -0.15) is 0 Å². The van der Waals surface area contributed by atoms with E-state index in [0.29, 0.717) is 0 Å². The minimum absolute atomic E-state index is 0.354. The molecule has 0 aliphatic rings. The van der Waals surface area contributed by atoms with Gasteiger partial charge in [0.1, 0.15) is 6.04 Å². The van der Waals surface area contributed by atoms with Crippen molar-refractivity contribution in [1.29, 1.82) is 0 Å². The summed E-state index contributed by atoms with van der Waals surface area (Å²) in [5.74, 6) is -1.04. The third-order valence-electron chi connectivity index (χ3n) is 2.29. The predicted molar refractivity (Wildman–Crippen MR) is 57.0 cm³/mol. The van der Waals surface area contributed by atoms with Crippen molar-refractivity contribution in [3.05, 3.63) is 35.9 Å². The number of amides is 1. The van der Waals surface area contributed by atoms with Crippen molar-refractivity contribution in [2.24, 2.45) is 5.73 Å². The van der Waals surface area contributed by atoms with Crippen LogP contribution >= 0.6 is 0 Å². The molecule has 0 fully saturated rings. The maximum Gasteiger partial charge on any atom is 0.262 e. The fourth-order valence-electron chi connectivity index (χ4n) is 1.39. The summed E-state index contributed by atoms with van der Waals surface area (Å²) in [4.78, 5) is 10.8. The second-order valence-corrected chi connectivity index (χ2v) is 3.51. The molecule has 1 rings (SSSR count). The monoisotopic (exact) mass is 228 g/mol. The molecule has 0 unspecified atom stereocenters. The smallest absolute Gasteiger partial charge is 0.262 e. The second kappa shape index (κ2) is 5.55. The molecule has 1 amide bonds. The molecule has 16 heavy (non-hydrogen) atoms. The van der Waals surface area contributed by atoms with Crippen molar-refractivity contribution in [2.45, 2.75) is 25.4 Å². The van der Waals surface area contributed by atoms with Crippen molar-refractivity contribution >= 4 is 5.91 Å². The molecule has 3 nitrogen and oxygen atoms in total. The molecule has 1 aromatic rings. The van der Waals surface area contributed by atoms with Crippen LogP contribution in [0, 0.1) is 0 Å². The van der Waals surface area contributed by atoms with E-state index in [9.17, 15) is 13.6 Å². The van der Waals surface area contributed by atoms with Gasteiger partial charge < -0.3 is 5.73 Å². The van der Waals surface area contributed by atoms with Gasteiger partial charge in [-0.25, -0.2) is 8.78 Å². The highest BCUT2D eigenvalue weighted by Gasteiger charge is 2.27. The number of carbonyl (C=O) groups excluding carboxylic acids is 1. The number of benzene rings is 1. The normalized spacial score (nSPS) is 14.8. The number of nitrogens with one attached hydrogen (secondary N) is 1. The Morgan fingerprint density at radius 1 is 1.31 bits per heavy atom. The lowest BCUT2D eigenvalue weighted by molar-refractivity contribution is -0.123. The number of hydrogen-bond acceptors (Lipinski definition) is 2. The molecule has 0 saturated heterocycles. The van der Waals surface area contributed by atoms with Crippen molar-refractivity contribution < 1.29 is 13.6 Å². The van der Waals surface area contributed by atoms with Gasteiger partial charge in [0.05, 0.1) is 0 Å². The lowest BCUT2D eigenvalue weighted by Gasteiger charge is -2.20. The summed E-state index contributed by atoms with van der Waals surface area (Å²) in [5, 5.41) is 2.51. The first-order valence-electron chi connectivity index (χ1n) is 4.91. The highest BCUT2D eigenvalue weighted by atomic mass is 19.3. The van der Waals surface area contributed by atoms with Crippen LogP contribution in [-0.4, -0.2) is 18.4 Å². The van der Waals surface area contributed by atoms with Crippen molar-refractivity contribution in [3.8, 4) is 0 Å². The number of primary amides is 1. The highest BCUT2D eigenvalue weighted by Crippen LogP contribution is 2.13. The number of carbonyl (C=O) groups is 1. The summed E-state index contributed by atoms with van der Waals surface area (Å²) in [7, 11) is 0. The lowest BCUT2D eigenvalue weighted by atomic mass is 10.1. The average molecular weight is 228 g/mol. The number of hydrogen-bond donors (Lipinski definition) is 2. The maximum atomic E-state index is 12.5. The van der Waals surface area contributed by atoms with Crippen molar-refractivity contribution in [3.63, 3.8) is 0 Å². The van der Waals surface area contributed by atoms with E-state index in [-0.39, 0.29) is 6.04 Å². The number of rotatable bonds is 5. The molecule has 88 valence electrons. The zero-order chi connectivity index (χ0) is 12.1. The van der Waals surface area contributed by atoms with Gasteiger partial charge in [-0.1, -0.05) is 30.3 Å². The van der Waals surface area contributed by atoms with Crippen LogP contribution in [0.4, 0.5) is 8.78 Å². The van der Waals surface area contributed by atoms with Gasteiger partial charge in [-0.3, -0.25) is 10.1 Å². The minimum atomic E-state index is -2.80. The van der Waals surface area contributed by atoms with Crippen LogP contribution in [-0.2, 0) is 4.79 Å². The standard InChI is InChI=1S/C11H14F2N2O/c1-7(8-5-3-2-4-6-8)15-9(10(12)13)11(14)16/h2-7,9-10,15H,1H3,(H2,14,16)/t7-,9-/m1/s1. The average Bonchev–Trinajstić information content (AvgIpc) is 2.25. The van der Waals surface area contributed by atoms with Crippen LogP contribution < -0.4 is 11.1 Å². The Labute approximate surface area is 92.6 Å². The molecule has 0 spiro atoms. The van der Waals surface area contributed by atoms with E-state index in [4.69, 9.17) is 5.73 Å². The topological polar surface area (TPSA) is 55.1 Å². The van der Waals surface area contributed by atoms with E-state index in [2.05, 4.69) is 5.32 Å². The summed E-state index contributed by atoms with van der Waals surface area (Å²) in [6.07, 6.45) is -2.80. The molecule has 0 bridgehead atoms. The Morgan fingerprint density at radius 3 is 2.31 bits per heavy atom. The van der Waals surface area contributed by atoms with Gasteiger partial charge in [-0.05, 0) is 12.5 Å². The molecular formula is C11H14F2N2O. The van der Waals surface area contributed by atoms with Gasteiger partial charge in [0.2, 0.25) is 5.91 Å². The molecular weight excluding hydrogens is 214 g/mol. The highest BCUT2D eigenvalue weighted by molar-refractivity contribution is 5.80. The first-order valence-corrected chi connectivity index (χ1v) is 4.91. The Morgan fingerprint density at radius 2 is 1.88 bits per heavy atom. The van der Waals surface area contributed by atoms with E-state index < -0.39 is 18.4 Å². The minimum Gasteiger partial charge on any atom is -0.368 e. The first kappa shape index (κ1) is 12.6. The van der Waals surface area contributed by atoms with Crippen LogP contribution in [0.1, 0.15) is 18.5 Å². The molecule has 0 aliphatic heterocycles. The van der Waals surface area contributed by atoms with Crippen LogP contribution in [0.15, 0.2) is 30.3 Å². The van der Waals surface area contributed by atoms with Crippen LogP contribution in [0.5, 0.6) is 0 Å². The zero-order valence-electron chi connectivity index (χ0n) is 8.86. The number of alkyl halides is 2. The molecule has 0 aliphatic carbocycles. The summed E-state index contributed by atoms with van der Waals surface area (Å²) in [6, 6.07) is 7.05. The molecule has 3 N–H and O–H groups in total. The third kappa shape index (κ3) is 3.27. The van der Waals surface area contributed by atoms with E-state index in [1.807, 2.05) is 6.07 Å². The summed E-state index contributed by atoms with van der Waals surface area (Å²) in [5.41, 5.74) is 5.71. The van der Waals surface area contributed by atoms with E-state index >= 15 is 0 Å². The van der Waals surface area contributed by atoms with Gasteiger partial charge in [0, 0.05) is 6.04 Å². The largest absolute Gasteiger partial charge is 0.368 e. The van der Waals surface area contributed by atoms with Crippen LogP contribution in [0.25, 0.3) is 0 Å². The van der Waals surface area contributed by atoms with E-state index in [1.165, 1.54) is 0 Å². The molecule has 0 saturated carbocycles. The molecule has 2 atom stereocenters. The third-order valence-corrected chi connectivity index (χ3v) is 2.29. The van der Waals surface area contributed by atoms with Crippen molar-refractivity contribution in [2.75, 3.05) is 0 Å². The van der Waals surface area contributed by atoms with Gasteiger partial charge in [0.25, 0.3) is 6.43 Å². The first-order chi connectivity index (χ1) is 7.52. The summed E-state index contributed by atoms with van der Waals surface area (Å²) >= 11 is 0. The fourth-order valence-corrected chi connectivity index (χ4v) is 1.39. The molecule has 1 aromatic carbocycles. The van der Waals surface area contributed by atoms with Crippen LogP contribution in [0.2, 0.25) is 0 Å². The van der Waals surface area contributed by atoms with Crippen LogP contribution in [0.3, 0.4) is 0 Å². The fraction of sp³-hybridized carbons (Fsp3) is 0.364. The SMILES string of the molecule is C[C@@H](N[C@@H](C(N)=O)C(F)F)c1ccccc1. The van der Waals surface area contributed by atoms with Crippen molar-refractivity contribution in [1.82, 2.24) is 5.32 Å². The maximum absolute atomic E-state index is 12.5. The lowest BCUT2D eigenvalue weighted by Crippen LogP contribution is -2.47. The Bertz CT molecular complexity index is 343. The molecule has 0 heterocycles. The Hall–Kier alpha value is -1.49. The van der Waals surface area contributed by atoms with E-state index in [1.54, 1.807) is 31.2 Å². The number of halogens is 2. The summed E-state index contributed by atoms with van der Waals surface area (Å²) in [6.45, 7) is 1.70. The Balaban J connectivity index is 2.69. The molecule has 0 radical (unpaired) electrons. The zero-order valence-corrected chi connectivity index (χ0v) is 8.86. The molecule has 5 heteroatoms. The second-order valence-electron chi connectivity index (χ2n) is 3.51. The van der Waals surface area contributed by atoms with Gasteiger partial charge >= 0.3 is 0 Å². The number of nitrogens with two attached hydrogens (primary N) is 1. The molecule has 0 aromatic heterocycles. The predicted octanol–water partition coefficient (Wildman–Crippen LogP) is 1.46. The quantitative estimate of drug-likeness (QED) is 0.801. The summed E-state index contributed by atoms with van der Waals surface area (Å²) < 4.78 is 24.9.